The molecule has 0 saturated carbocycles. The number of nitrogens with one attached hydrogen (secondary N) is 2. The molecule has 9 heteroatoms. The fraction of sp³-hybridized carbons (Fsp3) is 0.280. The van der Waals surface area contributed by atoms with Crippen LogP contribution in [0.25, 0.3) is 11.3 Å². The van der Waals surface area contributed by atoms with Crippen LogP contribution in [0.3, 0.4) is 0 Å². The van der Waals surface area contributed by atoms with E-state index in [4.69, 9.17) is 9.72 Å². The van der Waals surface area contributed by atoms with Gasteiger partial charge in [-0.15, -0.1) is 0 Å². The maximum atomic E-state index is 12.9. The second kappa shape index (κ2) is 9.30. The van der Waals surface area contributed by atoms with Gasteiger partial charge in [0.25, 0.3) is 5.91 Å². The summed E-state index contributed by atoms with van der Waals surface area (Å²) < 4.78 is 6.76. The molecule has 5 rings (SSSR count). The second-order valence-electron chi connectivity index (χ2n) is 8.65. The molecule has 8 nitrogen and oxygen atoms in total. The zero-order chi connectivity index (χ0) is 23.8. The number of hydrogen-bond donors (Lipinski definition) is 2. The van der Waals surface area contributed by atoms with Crippen LogP contribution in [-0.4, -0.2) is 52.0 Å². The number of amides is 2. The first-order valence-corrected chi connectivity index (χ1v) is 12.2. The highest BCUT2D eigenvalue weighted by molar-refractivity contribution is 14.1. The van der Waals surface area contributed by atoms with Crippen molar-refractivity contribution in [2.45, 2.75) is 32.5 Å². The van der Waals surface area contributed by atoms with Gasteiger partial charge in [0.15, 0.2) is 0 Å². The summed E-state index contributed by atoms with van der Waals surface area (Å²) in [5.41, 5.74) is 4.51. The number of halogens is 1. The van der Waals surface area contributed by atoms with Crippen LogP contribution in [0.2, 0.25) is 0 Å². The van der Waals surface area contributed by atoms with E-state index in [-0.39, 0.29) is 30.4 Å². The molecule has 1 aromatic heterocycles. The van der Waals surface area contributed by atoms with Gasteiger partial charge < -0.3 is 20.3 Å². The molecule has 0 unspecified atom stereocenters. The number of nitrogens with zero attached hydrogens (tertiary/aromatic N) is 3. The Morgan fingerprint density at radius 3 is 2.62 bits per heavy atom. The molecule has 2 aliphatic rings. The molecule has 2 aliphatic heterocycles. The maximum Gasteiger partial charge on any atom is 0.254 e. The number of aromatic nitrogens is 2. The number of rotatable bonds is 3. The van der Waals surface area contributed by atoms with Crippen LogP contribution in [0.5, 0.6) is 0 Å². The van der Waals surface area contributed by atoms with Gasteiger partial charge >= 0.3 is 0 Å². The van der Waals surface area contributed by atoms with Gasteiger partial charge in [-0.25, -0.2) is 9.97 Å². The molecule has 0 spiro atoms. The molecule has 0 aliphatic carbocycles. The Balaban J connectivity index is 1.36. The Morgan fingerprint density at radius 1 is 1.15 bits per heavy atom. The quantitative estimate of drug-likeness (QED) is 0.459. The largest absolute Gasteiger partial charge is 0.372 e. The van der Waals surface area contributed by atoms with Crippen LogP contribution in [-0.2, 0) is 16.0 Å². The molecule has 174 valence electrons. The van der Waals surface area contributed by atoms with Crippen molar-refractivity contribution in [2.75, 3.05) is 23.7 Å². The molecule has 1 fully saturated rings. The first-order chi connectivity index (χ1) is 16.4. The molecule has 0 bridgehead atoms. The average Bonchev–Trinajstić information content (AvgIpc) is 2.93. The predicted octanol–water partition coefficient (Wildman–Crippen LogP) is 4.24. The van der Waals surface area contributed by atoms with Gasteiger partial charge in [0, 0.05) is 45.2 Å². The number of hydrogen-bond acceptors (Lipinski definition) is 6. The first kappa shape index (κ1) is 22.7. The summed E-state index contributed by atoms with van der Waals surface area (Å²) >= 11 is 2.22. The SMILES string of the molecule is C[C@@H]1CN(C(=O)c2ccc(Nc3ncc4c(n3)-c3ccc(I)cc3NC(=O)C4)cc2)C[C@H](C)O1. The van der Waals surface area contributed by atoms with Crippen LogP contribution in [0.15, 0.2) is 48.7 Å². The van der Waals surface area contributed by atoms with Gasteiger partial charge in [-0.2, -0.15) is 0 Å². The number of fused-ring (bicyclic) bond motifs is 3. The predicted molar refractivity (Wildman–Crippen MR) is 138 cm³/mol. The molecule has 3 aromatic rings. The highest BCUT2D eigenvalue weighted by Crippen LogP contribution is 2.34. The summed E-state index contributed by atoms with van der Waals surface area (Å²) in [6.45, 7) is 5.14. The van der Waals surface area contributed by atoms with Crippen molar-refractivity contribution < 1.29 is 14.3 Å². The number of benzene rings is 2. The summed E-state index contributed by atoms with van der Waals surface area (Å²) in [4.78, 5) is 36.2. The molecular weight excluding hydrogens is 545 g/mol. The molecule has 34 heavy (non-hydrogen) atoms. The molecular formula is C25H24IN5O3. The molecule has 2 amide bonds. The number of anilines is 3. The van der Waals surface area contributed by atoms with Gasteiger partial charge in [0.2, 0.25) is 11.9 Å². The van der Waals surface area contributed by atoms with Gasteiger partial charge in [0.1, 0.15) is 0 Å². The van der Waals surface area contributed by atoms with E-state index in [1.54, 1.807) is 18.3 Å². The van der Waals surface area contributed by atoms with E-state index < -0.39 is 0 Å². The van der Waals surface area contributed by atoms with Crippen LogP contribution in [0.4, 0.5) is 17.3 Å². The van der Waals surface area contributed by atoms with E-state index in [1.807, 2.05) is 49.1 Å². The molecule has 1 saturated heterocycles. The highest BCUT2D eigenvalue weighted by Gasteiger charge is 2.26. The molecule has 0 radical (unpaired) electrons. The van der Waals surface area contributed by atoms with Gasteiger partial charge in [-0.05, 0) is 78.9 Å². The standard InChI is InChI=1S/C25H24IN5O3/c1-14-12-31(13-15(2)34-14)24(33)16-3-6-19(7-4-16)28-25-27-11-17-9-22(32)29-21-10-18(26)5-8-20(21)23(17)30-25/h3-8,10-11,14-15H,9,12-13H2,1-2H3,(H,29,32)(H,27,28,30)/t14-,15+. The van der Waals surface area contributed by atoms with Crippen molar-refractivity contribution in [3.05, 3.63) is 63.4 Å². The van der Waals surface area contributed by atoms with E-state index in [2.05, 4.69) is 38.2 Å². The van der Waals surface area contributed by atoms with Crippen molar-refractivity contribution >= 4 is 51.7 Å². The van der Waals surface area contributed by atoms with E-state index in [1.165, 1.54) is 0 Å². The van der Waals surface area contributed by atoms with Crippen molar-refractivity contribution in [1.82, 2.24) is 14.9 Å². The fourth-order valence-electron chi connectivity index (χ4n) is 4.37. The van der Waals surface area contributed by atoms with Crippen LogP contribution in [0.1, 0.15) is 29.8 Å². The Bertz CT molecular complexity index is 1250. The highest BCUT2D eigenvalue weighted by atomic mass is 127. The van der Waals surface area contributed by atoms with E-state index >= 15 is 0 Å². The summed E-state index contributed by atoms with van der Waals surface area (Å²) in [5.74, 6) is 0.335. The number of morpholine rings is 1. The Morgan fingerprint density at radius 2 is 1.88 bits per heavy atom. The summed E-state index contributed by atoms with van der Waals surface area (Å²) in [7, 11) is 0. The second-order valence-corrected chi connectivity index (χ2v) is 9.90. The number of carbonyl (C=O) groups excluding carboxylic acids is 2. The zero-order valence-electron chi connectivity index (χ0n) is 18.8. The lowest BCUT2D eigenvalue weighted by atomic mass is 10.1. The average molecular weight is 569 g/mol. The number of carbonyl (C=O) groups is 2. The molecule has 3 heterocycles. The monoisotopic (exact) mass is 569 g/mol. The zero-order valence-corrected chi connectivity index (χ0v) is 21.0. The number of ether oxygens (including phenoxy) is 1. The normalized spacial score (nSPS) is 19.5. The van der Waals surface area contributed by atoms with E-state index in [0.717, 1.165) is 31.8 Å². The maximum absolute atomic E-state index is 12.9. The van der Waals surface area contributed by atoms with Gasteiger partial charge in [-0.3, -0.25) is 9.59 Å². The summed E-state index contributed by atoms with van der Waals surface area (Å²) in [5, 5.41) is 6.17. The first-order valence-electron chi connectivity index (χ1n) is 11.1. The molecule has 2 N–H and O–H groups in total. The smallest absolute Gasteiger partial charge is 0.254 e. The minimum absolute atomic E-state index is 0.00163. The topological polar surface area (TPSA) is 96.5 Å². The third-order valence-corrected chi connectivity index (χ3v) is 6.49. The third kappa shape index (κ3) is 4.76. The van der Waals surface area contributed by atoms with Crippen molar-refractivity contribution in [3.63, 3.8) is 0 Å². The van der Waals surface area contributed by atoms with Crippen LogP contribution < -0.4 is 10.6 Å². The minimum Gasteiger partial charge on any atom is -0.372 e. The van der Waals surface area contributed by atoms with Crippen LogP contribution in [0, 0.1) is 3.57 Å². The summed E-state index contributed by atoms with van der Waals surface area (Å²) in [6, 6.07) is 13.2. The lowest BCUT2D eigenvalue weighted by molar-refractivity contribution is -0.115. The lowest BCUT2D eigenvalue weighted by Gasteiger charge is -2.35. The minimum atomic E-state index is -0.0874. The Labute approximate surface area is 211 Å². The summed E-state index contributed by atoms with van der Waals surface area (Å²) in [6.07, 6.45) is 1.96. The molecule has 2 atom stereocenters. The van der Waals surface area contributed by atoms with E-state index in [9.17, 15) is 9.59 Å². The Kier molecular flexibility index (Phi) is 6.22. The van der Waals surface area contributed by atoms with Crippen molar-refractivity contribution in [2.24, 2.45) is 0 Å². The van der Waals surface area contributed by atoms with Crippen molar-refractivity contribution in [3.8, 4) is 11.3 Å². The fourth-order valence-corrected chi connectivity index (χ4v) is 4.87. The van der Waals surface area contributed by atoms with Crippen molar-refractivity contribution in [1.29, 1.82) is 0 Å². The molecule has 2 aromatic carbocycles. The van der Waals surface area contributed by atoms with Gasteiger partial charge in [0.05, 0.1) is 30.0 Å². The lowest BCUT2D eigenvalue weighted by Crippen LogP contribution is -2.48. The third-order valence-electron chi connectivity index (χ3n) is 5.82. The van der Waals surface area contributed by atoms with Gasteiger partial charge in [-0.1, -0.05) is 0 Å². The Hall–Kier alpha value is -3.05. The van der Waals surface area contributed by atoms with E-state index in [0.29, 0.717) is 24.6 Å². The van der Waals surface area contributed by atoms with Crippen LogP contribution >= 0.6 is 22.6 Å².